The zero-order chi connectivity index (χ0) is 14.7. The third-order valence-electron chi connectivity index (χ3n) is 4.12. The predicted molar refractivity (Wildman–Crippen MR) is 86.1 cm³/mol. The SMILES string of the molecule is Cc1ccc(-c2noc(CCC3CCNCC3)n2)cc1Br. The molecule has 1 aliphatic rings. The van der Waals surface area contributed by atoms with Gasteiger partial charge in [0.05, 0.1) is 0 Å². The molecule has 5 heteroatoms. The van der Waals surface area contributed by atoms with E-state index in [1.165, 1.54) is 18.4 Å². The first-order valence-corrected chi connectivity index (χ1v) is 8.31. The van der Waals surface area contributed by atoms with E-state index >= 15 is 0 Å². The minimum atomic E-state index is 0.677. The van der Waals surface area contributed by atoms with Gasteiger partial charge in [-0.1, -0.05) is 33.2 Å². The molecular formula is C16H20BrN3O. The molecule has 0 radical (unpaired) electrons. The molecule has 1 aromatic heterocycles. The molecule has 1 aliphatic heterocycles. The van der Waals surface area contributed by atoms with Crippen LogP contribution in [0.15, 0.2) is 27.2 Å². The molecule has 0 saturated carbocycles. The second kappa shape index (κ2) is 6.71. The van der Waals surface area contributed by atoms with E-state index in [0.29, 0.717) is 5.82 Å². The zero-order valence-electron chi connectivity index (χ0n) is 12.2. The number of aryl methyl sites for hydroxylation is 2. The predicted octanol–water partition coefficient (Wildman–Crippen LogP) is 3.74. The standard InChI is InChI=1S/C16H20BrN3O/c1-11-2-4-13(10-14(11)17)16-19-15(21-20-16)5-3-12-6-8-18-9-7-12/h2,4,10,12,18H,3,5-9H2,1H3. The number of rotatable bonds is 4. The van der Waals surface area contributed by atoms with Gasteiger partial charge in [0.15, 0.2) is 0 Å². The van der Waals surface area contributed by atoms with Crippen molar-refractivity contribution in [3.8, 4) is 11.4 Å². The summed E-state index contributed by atoms with van der Waals surface area (Å²) in [6.45, 7) is 4.34. The van der Waals surface area contributed by atoms with Crippen molar-refractivity contribution in [1.82, 2.24) is 15.5 Å². The summed E-state index contributed by atoms with van der Waals surface area (Å²) in [4.78, 5) is 4.52. The van der Waals surface area contributed by atoms with E-state index in [1.54, 1.807) is 0 Å². The molecule has 3 rings (SSSR count). The highest BCUT2D eigenvalue weighted by atomic mass is 79.9. The number of hydrogen-bond donors (Lipinski definition) is 1. The minimum absolute atomic E-state index is 0.677. The van der Waals surface area contributed by atoms with Gasteiger partial charge in [0.1, 0.15) is 0 Å². The Labute approximate surface area is 133 Å². The van der Waals surface area contributed by atoms with E-state index < -0.39 is 0 Å². The van der Waals surface area contributed by atoms with Crippen molar-refractivity contribution in [3.63, 3.8) is 0 Å². The van der Waals surface area contributed by atoms with Crippen LogP contribution in [-0.2, 0) is 6.42 Å². The summed E-state index contributed by atoms with van der Waals surface area (Å²) in [6, 6.07) is 6.13. The lowest BCUT2D eigenvalue weighted by atomic mass is 9.93. The van der Waals surface area contributed by atoms with E-state index in [4.69, 9.17) is 4.52 Å². The Morgan fingerprint density at radius 3 is 2.90 bits per heavy atom. The van der Waals surface area contributed by atoms with Crippen molar-refractivity contribution < 1.29 is 4.52 Å². The number of nitrogens with zero attached hydrogens (tertiary/aromatic N) is 2. The Morgan fingerprint density at radius 1 is 1.33 bits per heavy atom. The van der Waals surface area contributed by atoms with Crippen LogP contribution in [0, 0.1) is 12.8 Å². The van der Waals surface area contributed by atoms with Gasteiger partial charge in [0.25, 0.3) is 0 Å². The Morgan fingerprint density at radius 2 is 2.14 bits per heavy atom. The van der Waals surface area contributed by atoms with E-state index in [0.717, 1.165) is 47.8 Å². The smallest absolute Gasteiger partial charge is 0.226 e. The van der Waals surface area contributed by atoms with Crippen LogP contribution >= 0.6 is 15.9 Å². The third kappa shape index (κ3) is 3.71. The largest absolute Gasteiger partial charge is 0.339 e. The molecule has 21 heavy (non-hydrogen) atoms. The lowest BCUT2D eigenvalue weighted by Crippen LogP contribution is -2.27. The molecule has 0 aliphatic carbocycles. The van der Waals surface area contributed by atoms with Gasteiger partial charge in [-0.25, -0.2) is 0 Å². The van der Waals surface area contributed by atoms with Gasteiger partial charge >= 0.3 is 0 Å². The van der Waals surface area contributed by atoms with Crippen LogP contribution in [0.25, 0.3) is 11.4 Å². The average Bonchev–Trinajstić information content (AvgIpc) is 2.98. The Balaban J connectivity index is 1.63. The number of piperidine rings is 1. The van der Waals surface area contributed by atoms with Gasteiger partial charge in [-0.2, -0.15) is 4.98 Å². The highest BCUT2D eigenvalue weighted by molar-refractivity contribution is 9.10. The van der Waals surface area contributed by atoms with Crippen molar-refractivity contribution in [2.75, 3.05) is 13.1 Å². The summed E-state index contributed by atoms with van der Waals surface area (Å²) in [7, 11) is 0. The van der Waals surface area contributed by atoms with Crippen LogP contribution in [-0.4, -0.2) is 23.2 Å². The Bertz CT molecular complexity index is 605. The maximum absolute atomic E-state index is 5.39. The molecule has 4 nitrogen and oxygen atoms in total. The number of benzene rings is 1. The second-order valence-electron chi connectivity index (χ2n) is 5.71. The van der Waals surface area contributed by atoms with Crippen molar-refractivity contribution in [2.45, 2.75) is 32.6 Å². The Kier molecular flexibility index (Phi) is 4.70. The summed E-state index contributed by atoms with van der Waals surface area (Å²) in [6.07, 6.45) is 4.53. The lowest BCUT2D eigenvalue weighted by molar-refractivity contribution is 0.324. The normalized spacial score (nSPS) is 16.3. The fourth-order valence-electron chi connectivity index (χ4n) is 2.70. The molecule has 2 heterocycles. The summed E-state index contributed by atoms with van der Waals surface area (Å²) < 4.78 is 6.46. The van der Waals surface area contributed by atoms with Crippen molar-refractivity contribution in [2.24, 2.45) is 5.92 Å². The second-order valence-corrected chi connectivity index (χ2v) is 6.56. The highest BCUT2D eigenvalue weighted by Gasteiger charge is 2.15. The molecule has 112 valence electrons. The minimum Gasteiger partial charge on any atom is -0.339 e. The van der Waals surface area contributed by atoms with Crippen molar-refractivity contribution >= 4 is 15.9 Å². The maximum atomic E-state index is 5.39. The molecule has 1 aromatic carbocycles. The maximum Gasteiger partial charge on any atom is 0.226 e. The van der Waals surface area contributed by atoms with Gasteiger partial charge in [-0.15, -0.1) is 0 Å². The number of halogens is 1. The number of aromatic nitrogens is 2. The van der Waals surface area contributed by atoms with Crippen LogP contribution in [0.3, 0.4) is 0 Å². The van der Waals surface area contributed by atoms with E-state index in [1.807, 2.05) is 12.1 Å². The lowest BCUT2D eigenvalue weighted by Gasteiger charge is -2.21. The molecular weight excluding hydrogens is 330 g/mol. The van der Waals surface area contributed by atoms with E-state index in [9.17, 15) is 0 Å². The topological polar surface area (TPSA) is 51.0 Å². The van der Waals surface area contributed by atoms with Crippen molar-refractivity contribution in [1.29, 1.82) is 0 Å². The fourth-order valence-corrected chi connectivity index (χ4v) is 3.08. The van der Waals surface area contributed by atoms with Gasteiger partial charge in [-0.3, -0.25) is 0 Å². The summed E-state index contributed by atoms with van der Waals surface area (Å²) in [5, 5.41) is 7.49. The number of nitrogens with one attached hydrogen (secondary N) is 1. The fraction of sp³-hybridized carbons (Fsp3) is 0.500. The van der Waals surface area contributed by atoms with Gasteiger partial charge < -0.3 is 9.84 Å². The van der Waals surface area contributed by atoms with E-state index in [-0.39, 0.29) is 0 Å². The van der Waals surface area contributed by atoms with Gasteiger partial charge in [-0.05, 0) is 56.8 Å². The Hall–Kier alpha value is -1.20. The summed E-state index contributed by atoms with van der Waals surface area (Å²) in [5.74, 6) is 2.21. The first-order chi connectivity index (χ1) is 10.2. The molecule has 1 saturated heterocycles. The molecule has 0 unspecified atom stereocenters. The number of hydrogen-bond acceptors (Lipinski definition) is 4. The van der Waals surface area contributed by atoms with Gasteiger partial charge in [0, 0.05) is 16.5 Å². The molecule has 2 aromatic rings. The molecule has 0 atom stereocenters. The van der Waals surface area contributed by atoms with Crippen molar-refractivity contribution in [3.05, 3.63) is 34.1 Å². The van der Waals surface area contributed by atoms with E-state index in [2.05, 4.69) is 44.4 Å². The third-order valence-corrected chi connectivity index (χ3v) is 4.98. The average molecular weight is 350 g/mol. The molecule has 1 fully saturated rings. The molecule has 0 bridgehead atoms. The quantitative estimate of drug-likeness (QED) is 0.913. The van der Waals surface area contributed by atoms with Crippen LogP contribution in [0.2, 0.25) is 0 Å². The monoisotopic (exact) mass is 349 g/mol. The summed E-state index contributed by atoms with van der Waals surface area (Å²) >= 11 is 3.54. The first-order valence-electron chi connectivity index (χ1n) is 7.52. The highest BCUT2D eigenvalue weighted by Crippen LogP contribution is 2.24. The van der Waals surface area contributed by atoms with Crippen LogP contribution < -0.4 is 5.32 Å². The molecule has 0 amide bonds. The zero-order valence-corrected chi connectivity index (χ0v) is 13.8. The first kappa shape index (κ1) is 14.7. The van der Waals surface area contributed by atoms with Crippen LogP contribution in [0.5, 0.6) is 0 Å². The molecule has 0 spiro atoms. The van der Waals surface area contributed by atoms with Gasteiger partial charge in [0.2, 0.25) is 11.7 Å². The molecule has 1 N–H and O–H groups in total. The van der Waals surface area contributed by atoms with Crippen LogP contribution in [0.1, 0.15) is 30.7 Å². The summed E-state index contributed by atoms with van der Waals surface area (Å²) in [5.41, 5.74) is 2.19. The van der Waals surface area contributed by atoms with Crippen LogP contribution in [0.4, 0.5) is 0 Å².